The number of benzene rings is 2. The van der Waals surface area contributed by atoms with Crippen LogP contribution in [0.1, 0.15) is 29.6 Å². The van der Waals surface area contributed by atoms with Crippen molar-refractivity contribution < 1.29 is 13.2 Å². The molecule has 0 unspecified atom stereocenters. The average Bonchev–Trinajstić information content (AvgIpc) is 2.81. The zero-order valence-electron chi connectivity index (χ0n) is 17.0. The van der Waals surface area contributed by atoms with Crippen LogP contribution in [0.4, 0.5) is 17.2 Å². The molecule has 0 radical (unpaired) electrons. The van der Waals surface area contributed by atoms with Crippen LogP contribution in [0.3, 0.4) is 0 Å². The number of rotatable bonds is 6. The zero-order chi connectivity index (χ0) is 21.7. The Kier molecular flexibility index (Phi) is 6.29. The molecule has 0 aliphatic carbocycles. The molecule has 2 heterocycles. The lowest BCUT2D eigenvalue weighted by Gasteiger charge is -2.26. The largest absolute Gasteiger partial charge is 0.340 e. The summed E-state index contributed by atoms with van der Waals surface area (Å²) in [5, 5.41) is 5.93. The summed E-state index contributed by atoms with van der Waals surface area (Å²) in [5.74, 6) is 0.152. The van der Waals surface area contributed by atoms with Crippen LogP contribution in [0.15, 0.2) is 77.8 Å². The molecule has 0 saturated carbocycles. The first-order valence-electron chi connectivity index (χ1n) is 10.2. The van der Waals surface area contributed by atoms with Crippen molar-refractivity contribution in [1.29, 1.82) is 0 Å². The fourth-order valence-electron chi connectivity index (χ4n) is 3.53. The van der Waals surface area contributed by atoms with Gasteiger partial charge in [0, 0.05) is 18.8 Å². The van der Waals surface area contributed by atoms with E-state index in [4.69, 9.17) is 0 Å². The summed E-state index contributed by atoms with van der Waals surface area (Å²) in [4.78, 5) is 17.2. The molecule has 1 amide bonds. The van der Waals surface area contributed by atoms with Crippen LogP contribution in [0, 0.1) is 0 Å². The van der Waals surface area contributed by atoms with Gasteiger partial charge in [0.05, 0.1) is 22.3 Å². The Hall–Kier alpha value is -3.23. The normalized spacial score (nSPS) is 14.7. The van der Waals surface area contributed by atoms with Crippen molar-refractivity contribution in [1.82, 2.24) is 9.29 Å². The van der Waals surface area contributed by atoms with Gasteiger partial charge in [-0.15, -0.1) is 0 Å². The van der Waals surface area contributed by atoms with E-state index in [1.807, 2.05) is 30.3 Å². The van der Waals surface area contributed by atoms with Gasteiger partial charge in [0.2, 0.25) is 10.0 Å². The lowest BCUT2D eigenvalue weighted by molar-refractivity contribution is 0.102. The van der Waals surface area contributed by atoms with Crippen molar-refractivity contribution in [2.75, 3.05) is 23.7 Å². The van der Waals surface area contributed by atoms with Gasteiger partial charge in [0.15, 0.2) is 0 Å². The van der Waals surface area contributed by atoms with Crippen LogP contribution >= 0.6 is 0 Å². The topological polar surface area (TPSA) is 91.4 Å². The van der Waals surface area contributed by atoms with Crippen molar-refractivity contribution in [2.45, 2.75) is 24.2 Å². The number of para-hydroxylation sites is 1. The summed E-state index contributed by atoms with van der Waals surface area (Å²) in [6.07, 6.45) is 4.23. The van der Waals surface area contributed by atoms with E-state index < -0.39 is 15.9 Å². The minimum Gasteiger partial charge on any atom is -0.340 e. The summed E-state index contributed by atoms with van der Waals surface area (Å²) in [7, 11) is -3.72. The molecule has 1 aliphatic rings. The third-order valence-electron chi connectivity index (χ3n) is 5.13. The molecule has 31 heavy (non-hydrogen) atoms. The minimum absolute atomic E-state index is 0.0322. The number of piperidine rings is 1. The molecule has 7 nitrogen and oxygen atoms in total. The molecule has 0 bridgehead atoms. The van der Waals surface area contributed by atoms with Gasteiger partial charge in [-0.25, -0.2) is 13.4 Å². The Morgan fingerprint density at radius 1 is 0.839 bits per heavy atom. The minimum atomic E-state index is -3.72. The number of hydrogen-bond acceptors (Lipinski definition) is 5. The quantitative estimate of drug-likeness (QED) is 0.603. The fraction of sp³-hybridized carbons (Fsp3) is 0.217. The second-order valence-electron chi connectivity index (χ2n) is 7.34. The molecule has 1 aromatic heterocycles. The van der Waals surface area contributed by atoms with E-state index in [1.165, 1.54) is 22.6 Å². The van der Waals surface area contributed by atoms with Gasteiger partial charge in [0.25, 0.3) is 5.91 Å². The average molecular weight is 437 g/mol. The first-order chi connectivity index (χ1) is 15.0. The second-order valence-corrected chi connectivity index (χ2v) is 9.24. The monoisotopic (exact) mass is 436 g/mol. The highest BCUT2D eigenvalue weighted by Crippen LogP contribution is 2.24. The molecular formula is C23H24N4O3S. The number of carbonyl (C=O) groups excluding carboxylic acids is 1. The summed E-state index contributed by atoms with van der Waals surface area (Å²) in [6, 6.07) is 19.4. The highest BCUT2D eigenvalue weighted by molar-refractivity contribution is 7.89. The van der Waals surface area contributed by atoms with Crippen LogP contribution in [0.25, 0.3) is 0 Å². The SMILES string of the molecule is O=C(Nc1ccc(Nc2ccccc2)nc1)c1ccccc1S(=O)(=O)N1CCCCC1. The van der Waals surface area contributed by atoms with Crippen molar-refractivity contribution in [3.05, 3.63) is 78.5 Å². The molecule has 2 N–H and O–H groups in total. The number of sulfonamides is 1. The third kappa shape index (κ3) is 4.92. The predicted octanol–water partition coefficient (Wildman–Crippen LogP) is 4.25. The Balaban J connectivity index is 1.50. The van der Waals surface area contributed by atoms with Crippen LogP contribution in [-0.4, -0.2) is 36.7 Å². The van der Waals surface area contributed by atoms with E-state index in [2.05, 4.69) is 15.6 Å². The maximum atomic E-state index is 13.1. The van der Waals surface area contributed by atoms with Crippen LogP contribution < -0.4 is 10.6 Å². The number of hydrogen-bond donors (Lipinski definition) is 2. The van der Waals surface area contributed by atoms with E-state index >= 15 is 0 Å². The first-order valence-corrected chi connectivity index (χ1v) is 11.7. The van der Waals surface area contributed by atoms with Crippen molar-refractivity contribution in [3.63, 3.8) is 0 Å². The number of anilines is 3. The Morgan fingerprint density at radius 3 is 2.26 bits per heavy atom. The van der Waals surface area contributed by atoms with E-state index in [9.17, 15) is 13.2 Å². The highest BCUT2D eigenvalue weighted by atomic mass is 32.2. The number of amides is 1. The predicted molar refractivity (Wildman–Crippen MR) is 121 cm³/mol. The van der Waals surface area contributed by atoms with Crippen LogP contribution in [0.5, 0.6) is 0 Å². The Bertz CT molecular complexity index is 1140. The molecule has 1 aliphatic heterocycles. The maximum absolute atomic E-state index is 13.1. The van der Waals surface area contributed by atoms with E-state index in [0.717, 1.165) is 24.9 Å². The highest BCUT2D eigenvalue weighted by Gasteiger charge is 2.29. The smallest absolute Gasteiger partial charge is 0.257 e. The number of carbonyl (C=O) groups is 1. The van der Waals surface area contributed by atoms with Gasteiger partial charge in [-0.3, -0.25) is 4.79 Å². The van der Waals surface area contributed by atoms with Gasteiger partial charge in [-0.05, 0) is 49.2 Å². The van der Waals surface area contributed by atoms with Gasteiger partial charge in [0.1, 0.15) is 5.82 Å². The summed E-state index contributed by atoms with van der Waals surface area (Å²) in [5.41, 5.74) is 1.51. The van der Waals surface area contributed by atoms with Gasteiger partial charge < -0.3 is 10.6 Å². The van der Waals surface area contributed by atoms with Crippen LogP contribution in [-0.2, 0) is 10.0 Å². The molecule has 160 valence electrons. The molecule has 3 aromatic rings. The van der Waals surface area contributed by atoms with Crippen molar-refractivity contribution >= 4 is 33.1 Å². The number of aromatic nitrogens is 1. The number of pyridine rings is 1. The van der Waals surface area contributed by atoms with Crippen LogP contribution in [0.2, 0.25) is 0 Å². The number of nitrogens with one attached hydrogen (secondary N) is 2. The summed E-state index contributed by atoms with van der Waals surface area (Å²) < 4.78 is 27.7. The fourth-order valence-corrected chi connectivity index (χ4v) is 5.24. The molecular weight excluding hydrogens is 412 g/mol. The first kappa shape index (κ1) is 21.0. The Morgan fingerprint density at radius 2 is 1.55 bits per heavy atom. The van der Waals surface area contributed by atoms with E-state index in [-0.39, 0.29) is 10.5 Å². The zero-order valence-corrected chi connectivity index (χ0v) is 17.8. The molecule has 0 atom stereocenters. The molecule has 0 spiro atoms. The summed E-state index contributed by atoms with van der Waals surface area (Å²) >= 11 is 0. The van der Waals surface area contributed by atoms with Crippen molar-refractivity contribution in [2.24, 2.45) is 0 Å². The molecule has 2 aromatic carbocycles. The Labute approximate surface area is 182 Å². The van der Waals surface area contributed by atoms with E-state index in [0.29, 0.717) is 24.6 Å². The van der Waals surface area contributed by atoms with Crippen molar-refractivity contribution in [3.8, 4) is 0 Å². The van der Waals surface area contributed by atoms with E-state index in [1.54, 1.807) is 24.3 Å². The van der Waals surface area contributed by atoms with Gasteiger partial charge >= 0.3 is 0 Å². The number of nitrogens with zero attached hydrogens (tertiary/aromatic N) is 2. The third-order valence-corrected chi connectivity index (χ3v) is 7.09. The summed E-state index contributed by atoms with van der Waals surface area (Å²) in [6.45, 7) is 0.968. The lowest BCUT2D eigenvalue weighted by Crippen LogP contribution is -2.36. The lowest BCUT2D eigenvalue weighted by atomic mass is 10.2. The molecule has 1 fully saturated rings. The van der Waals surface area contributed by atoms with Gasteiger partial charge in [-0.2, -0.15) is 4.31 Å². The molecule has 8 heteroatoms. The molecule has 1 saturated heterocycles. The second kappa shape index (κ2) is 9.28. The standard InChI is InChI=1S/C23H24N4O3S/c28-23(26-19-13-14-22(24-17-19)25-18-9-3-1-4-10-18)20-11-5-6-12-21(20)31(29,30)27-15-7-2-8-16-27/h1,3-6,9-14,17H,2,7-8,15-16H2,(H,24,25)(H,26,28). The molecule has 4 rings (SSSR count). The maximum Gasteiger partial charge on any atom is 0.257 e. The van der Waals surface area contributed by atoms with Gasteiger partial charge in [-0.1, -0.05) is 36.8 Å².